The predicted octanol–water partition coefficient (Wildman–Crippen LogP) is 5.68. The molecule has 0 radical (unpaired) electrons. The number of nitrogens with zero attached hydrogens (tertiary/aromatic N) is 3. The SMILES string of the molecule is CNCc1ccc[nH]1.Cc1ccc(Nc2ccnc(Nc3ccc(S(=O)N4CCC(C)C4)cc3)n2)cc1C. The minimum atomic E-state index is -1.10. The van der Waals surface area contributed by atoms with Crippen LogP contribution >= 0.6 is 0 Å². The van der Waals surface area contributed by atoms with Gasteiger partial charge in [-0.1, -0.05) is 13.0 Å². The molecule has 4 aromatic rings. The van der Waals surface area contributed by atoms with Crippen LogP contribution in [0.4, 0.5) is 23.1 Å². The first-order valence-corrected chi connectivity index (χ1v) is 14.0. The fourth-order valence-electron chi connectivity index (χ4n) is 4.10. The molecule has 2 aromatic heterocycles. The van der Waals surface area contributed by atoms with Crippen molar-refractivity contribution in [1.82, 2.24) is 24.6 Å². The number of hydrogen-bond donors (Lipinski definition) is 4. The number of anilines is 4. The number of hydrogen-bond acceptors (Lipinski definition) is 6. The second-order valence-corrected chi connectivity index (χ2v) is 11.1. The van der Waals surface area contributed by atoms with Crippen molar-refractivity contribution in [2.75, 3.05) is 30.8 Å². The third-order valence-electron chi connectivity index (χ3n) is 6.40. The number of rotatable bonds is 8. The molecule has 1 saturated heterocycles. The Bertz CT molecular complexity index is 1330. The molecule has 200 valence electrons. The van der Waals surface area contributed by atoms with Crippen LogP contribution in [-0.4, -0.2) is 43.6 Å². The summed E-state index contributed by atoms with van der Waals surface area (Å²) in [6.45, 7) is 9.09. The average Bonchev–Trinajstić information content (AvgIpc) is 3.59. The third kappa shape index (κ3) is 7.74. The maximum Gasteiger partial charge on any atom is 0.229 e. The Morgan fingerprint density at radius 1 is 1.03 bits per heavy atom. The maximum absolute atomic E-state index is 12.7. The second kappa shape index (κ2) is 13.3. The molecular formula is C29H37N7OS. The molecule has 1 aliphatic rings. The van der Waals surface area contributed by atoms with Crippen molar-refractivity contribution in [3.8, 4) is 0 Å². The molecule has 38 heavy (non-hydrogen) atoms. The zero-order chi connectivity index (χ0) is 26.9. The van der Waals surface area contributed by atoms with Crippen LogP contribution in [0, 0.1) is 19.8 Å². The van der Waals surface area contributed by atoms with Crippen LogP contribution in [0.5, 0.6) is 0 Å². The second-order valence-electron chi connectivity index (χ2n) is 9.60. The van der Waals surface area contributed by atoms with Gasteiger partial charge < -0.3 is 20.9 Å². The maximum atomic E-state index is 12.7. The normalized spacial score (nSPS) is 15.9. The number of nitrogens with one attached hydrogen (secondary N) is 4. The molecule has 5 rings (SSSR count). The molecule has 4 N–H and O–H groups in total. The minimum Gasteiger partial charge on any atom is -0.364 e. The van der Waals surface area contributed by atoms with E-state index in [-0.39, 0.29) is 0 Å². The van der Waals surface area contributed by atoms with Gasteiger partial charge in [-0.2, -0.15) is 4.98 Å². The molecule has 8 nitrogen and oxygen atoms in total. The van der Waals surface area contributed by atoms with E-state index in [2.05, 4.69) is 69.9 Å². The van der Waals surface area contributed by atoms with Crippen LogP contribution in [0.15, 0.2) is 78.0 Å². The van der Waals surface area contributed by atoms with Gasteiger partial charge in [0, 0.05) is 49.1 Å². The van der Waals surface area contributed by atoms with Gasteiger partial charge in [-0.15, -0.1) is 0 Å². The van der Waals surface area contributed by atoms with Crippen molar-refractivity contribution in [2.24, 2.45) is 5.92 Å². The molecule has 3 heterocycles. The number of H-pyrrole nitrogens is 1. The number of benzene rings is 2. The summed E-state index contributed by atoms with van der Waals surface area (Å²) in [5.41, 5.74) is 5.56. The zero-order valence-electron chi connectivity index (χ0n) is 22.5. The number of aromatic nitrogens is 3. The summed E-state index contributed by atoms with van der Waals surface area (Å²) < 4.78 is 14.7. The largest absolute Gasteiger partial charge is 0.364 e. The Hall–Kier alpha value is -3.53. The van der Waals surface area contributed by atoms with Gasteiger partial charge in [-0.3, -0.25) is 0 Å². The molecule has 2 unspecified atom stereocenters. The van der Waals surface area contributed by atoms with Gasteiger partial charge in [0.15, 0.2) is 0 Å². The quantitative estimate of drug-likeness (QED) is 0.234. The van der Waals surface area contributed by atoms with Gasteiger partial charge in [-0.25, -0.2) is 13.5 Å². The van der Waals surface area contributed by atoms with Crippen molar-refractivity contribution >= 4 is 34.1 Å². The van der Waals surface area contributed by atoms with E-state index < -0.39 is 11.0 Å². The molecule has 1 aliphatic heterocycles. The van der Waals surface area contributed by atoms with E-state index in [0.29, 0.717) is 11.9 Å². The van der Waals surface area contributed by atoms with E-state index in [1.54, 1.807) is 6.20 Å². The fourth-order valence-corrected chi connectivity index (χ4v) is 5.43. The monoisotopic (exact) mass is 531 g/mol. The van der Waals surface area contributed by atoms with Crippen molar-refractivity contribution in [3.63, 3.8) is 0 Å². The van der Waals surface area contributed by atoms with Gasteiger partial charge in [0.1, 0.15) is 16.8 Å². The highest BCUT2D eigenvalue weighted by atomic mass is 32.2. The first kappa shape index (κ1) is 27.5. The standard InChI is InChI=1S/C23H27N5OS.C6H10N2/c1-16-11-13-28(15-16)30(29)21-8-6-19(7-9-21)26-23-24-12-10-22(27-23)25-20-5-4-17(2)18(3)14-20;1-7-5-6-3-2-4-8-6/h4-10,12,14,16H,11,13,15H2,1-3H3,(H2,24,25,26,27);2-4,7-8H,5H2,1H3. The summed E-state index contributed by atoms with van der Waals surface area (Å²) in [6.07, 6.45) is 4.75. The van der Waals surface area contributed by atoms with Crippen LogP contribution in [0.2, 0.25) is 0 Å². The molecule has 9 heteroatoms. The van der Waals surface area contributed by atoms with E-state index in [1.807, 2.05) is 60.0 Å². The lowest BCUT2D eigenvalue weighted by Gasteiger charge is -2.14. The third-order valence-corrected chi connectivity index (χ3v) is 7.87. The van der Waals surface area contributed by atoms with Crippen LogP contribution in [0.25, 0.3) is 0 Å². The van der Waals surface area contributed by atoms with Gasteiger partial charge in [0.2, 0.25) is 5.95 Å². The van der Waals surface area contributed by atoms with Crippen LogP contribution in [0.3, 0.4) is 0 Å². The van der Waals surface area contributed by atoms with Gasteiger partial charge in [-0.05, 0) is 99.0 Å². The van der Waals surface area contributed by atoms with Crippen molar-refractivity contribution in [1.29, 1.82) is 0 Å². The molecule has 2 aromatic carbocycles. The molecule has 0 aliphatic carbocycles. The molecule has 0 bridgehead atoms. The summed E-state index contributed by atoms with van der Waals surface area (Å²) >= 11 is 0. The molecule has 1 fully saturated rings. The molecule has 0 spiro atoms. The minimum absolute atomic E-state index is 0.506. The topological polar surface area (TPSA) is 98.0 Å². The smallest absolute Gasteiger partial charge is 0.229 e. The van der Waals surface area contributed by atoms with Crippen LogP contribution in [0.1, 0.15) is 30.2 Å². The highest BCUT2D eigenvalue weighted by Gasteiger charge is 2.24. The average molecular weight is 532 g/mol. The summed E-state index contributed by atoms with van der Waals surface area (Å²) in [6, 6.07) is 19.7. The molecule has 0 amide bonds. The summed E-state index contributed by atoms with van der Waals surface area (Å²) in [4.78, 5) is 12.7. The summed E-state index contributed by atoms with van der Waals surface area (Å²) in [5.74, 6) is 1.83. The molecular weight excluding hydrogens is 494 g/mol. The fraction of sp³-hybridized carbons (Fsp3) is 0.310. The first-order chi connectivity index (χ1) is 18.4. The van der Waals surface area contributed by atoms with E-state index in [9.17, 15) is 4.21 Å². The van der Waals surface area contributed by atoms with Crippen LogP contribution in [-0.2, 0) is 17.5 Å². The Morgan fingerprint density at radius 3 is 2.47 bits per heavy atom. The van der Waals surface area contributed by atoms with E-state index in [4.69, 9.17) is 0 Å². The van der Waals surface area contributed by atoms with Gasteiger partial charge in [0.25, 0.3) is 0 Å². The van der Waals surface area contributed by atoms with Crippen molar-refractivity contribution in [2.45, 2.75) is 38.6 Å². The highest BCUT2D eigenvalue weighted by molar-refractivity contribution is 7.82. The van der Waals surface area contributed by atoms with E-state index in [0.717, 1.165) is 48.1 Å². The predicted molar refractivity (Wildman–Crippen MR) is 156 cm³/mol. The Labute approximate surface area is 227 Å². The lowest BCUT2D eigenvalue weighted by atomic mass is 10.1. The first-order valence-electron chi connectivity index (χ1n) is 12.9. The lowest BCUT2D eigenvalue weighted by Crippen LogP contribution is -2.23. The van der Waals surface area contributed by atoms with Gasteiger partial charge >= 0.3 is 0 Å². The summed E-state index contributed by atoms with van der Waals surface area (Å²) in [7, 11) is 0.831. The number of aromatic amines is 1. The molecule has 0 saturated carbocycles. The Kier molecular flexibility index (Phi) is 9.64. The summed E-state index contributed by atoms with van der Waals surface area (Å²) in [5, 5.41) is 9.58. The van der Waals surface area contributed by atoms with Crippen molar-refractivity contribution in [3.05, 3.63) is 89.9 Å². The lowest BCUT2D eigenvalue weighted by molar-refractivity contribution is 0.513. The molecule has 2 atom stereocenters. The number of aryl methyl sites for hydroxylation is 2. The highest BCUT2D eigenvalue weighted by Crippen LogP contribution is 2.23. The van der Waals surface area contributed by atoms with E-state index in [1.165, 1.54) is 16.8 Å². The Morgan fingerprint density at radius 2 is 1.82 bits per heavy atom. The van der Waals surface area contributed by atoms with Crippen LogP contribution < -0.4 is 16.0 Å². The van der Waals surface area contributed by atoms with E-state index >= 15 is 0 Å². The Balaban J connectivity index is 0.000000360. The van der Waals surface area contributed by atoms with Crippen molar-refractivity contribution < 1.29 is 4.21 Å². The zero-order valence-corrected chi connectivity index (χ0v) is 23.3. The van der Waals surface area contributed by atoms with Gasteiger partial charge in [0.05, 0.1) is 4.90 Å².